The third-order valence-corrected chi connectivity index (χ3v) is 9.63. The number of rotatable bonds is 6. The maximum Gasteiger partial charge on any atom is 0.133 e. The fourth-order valence-electron chi connectivity index (χ4n) is 7.36. The molecule has 47 heavy (non-hydrogen) atoms. The van der Waals surface area contributed by atoms with E-state index in [0.717, 1.165) is 11.5 Å². The van der Waals surface area contributed by atoms with Gasteiger partial charge in [-0.1, -0.05) is 145 Å². The second-order valence-corrected chi connectivity index (χ2v) is 17.2. The van der Waals surface area contributed by atoms with Crippen molar-refractivity contribution in [1.29, 1.82) is 0 Å². The summed E-state index contributed by atoms with van der Waals surface area (Å²) in [6.07, 6.45) is 3.14. The quantitative estimate of drug-likeness (QED) is 0.175. The molecule has 0 N–H and O–H groups in total. The molecule has 0 spiro atoms. The van der Waals surface area contributed by atoms with Crippen LogP contribution in [0.15, 0.2) is 98.5 Å². The number of benzene rings is 4. The van der Waals surface area contributed by atoms with Crippen LogP contribution in [0.25, 0.3) is 11.1 Å². The molecule has 0 heterocycles. The van der Waals surface area contributed by atoms with Crippen molar-refractivity contribution in [3.63, 3.8) is 0 Å². The van der Waals surface area contributed by atoms with E-state index in [4.69, 9.17) is 9.47 Å². The second-order valence-electron chi connectivity index (χ2n) is 17.2. The van der Waals surface area contributed by atoms with E-state index in [2.05, 4.69) is 169 Å². The van der Waals surface area contributed by atoms with E-state index < -0.39 is 5.41 Å². The zero-order valence-corrected chi connectivity index (χ0v) is 30.8. The summed E-state index contributed by atoms with van der Waals surface area (Å²) in [5.74, 6) is 1.80. The van der Waals surface area contributed by atoms with Crippen LogP contribution in [0.3, 0.4) is 0 Å². The van der Waals surface area contributed by atoms with Crippen LogP contribution in [0.4, 0.5) is 0 Å². The Bertz CT molecular complexity index is 1630. The Kier molecular flexibility index (Phi) is 8.45. The van der Waals surface area contributed by atoms with Gasteiger partial charge in [0, 0.05) is 22.3 Å². The molecule has 0 aromatic heterocycles. The fourth-order valence-corrected chi connectivity index (χ4v) is 7.36. The van der Waals surface area contributed by atoms with Crippen LogP contribution >= 0.6 is 0 Å². The summed E-state index contributed by atoms with van der Waals surface area (Å²) in [7, 11) is 0. The van der Waals surface area contributed by atoms with Crippen molar-refractivity contribution in [2.24, 2.45) is 0 Å². The van der Waals surface area contributed by atoms with Crippen molar-refractivity contribution >= 4 is 0 Å². The molecular weight excluding hydrogens is 572 g/mol. The van der Waals surface area contributed by atoms with Gasteiger partial charge < -0.3 is 9.47 Å². The molecule has 1 aliphatic carbocycles. The standard InChI is InChI=1S/C45H54O2/c1-15-46-39-35(41(3,4)5)25-29(26-36(39)42(6,7)8)45(33-23-19-17-21-31(33)32-22-18-20-24-34(32)45)30-27-37(43(9,10)11)40(47-16-2)38(28-30)44(12,13)14/h15-28H,1-2H2,3-14H3. The smallest absolute Gasteiger partial charge is 0.133 e. The van der Waals surface area contributed by atoms with Crippen molar-refractivity contribution in [3.8, 4) is 22.6 Å². The van der Waals surface area contributed by atoms with Gasteiger partial charge in [-0.25, -0.2) is 0 Å². The van der Waals surface area contributed by atoms with Gasteiger partial charge in [-0.3, -0.25) is 0 Å². The summed E-state index contributed by atoms with van der Waals surface area (Å²) >= 11 is 0. The van der Waals surface area contributed by atoms with Crippen molar-refractivity contribution in [3.05, 3.63) is 143 Å². The van der Waals surface area contributed by atoms with Gasteiger partial charge in [-0.15, -0.1) is 0 Å². The zero-order valence-electron chi connectivity index (χ0n) is 30.8. The number of hydrogen-bond donors (Lipinski definition) is 0. The van der Waals surface area contributed by atoms with Crippen LogP contribution in [-0.4, -0.2) is 0 Å². The first-order chi connectivity index (χ1) is 21.8. The molecule has 0 atom stereocenters. The van der Waals surface area contributed by atoms with Gasteiger partial charge in [-0.05, 0) is 79.3 Å². The summed E-state index contributed by atoms with van der Waals surface area (Å²) in [4.78, 5) is 0. The molecule has 0 saturated heterocycles. The van der Waals surface area contributed by atoms with Gasteiger partial charge in [0.1, 0.15) is 11.5 Å². The highest BCUT2D eigenvalue weighted by molar-refractivity contribution is 5.87. The summed E-state index contributed by atoms with van der Waals surface area (Å²) in [6, 6.07) is 27.6. The van der Waals surface area contributed by atoms with Gasteiger partial charge >= 0.3 is 0 Å². The molecule has 2 heteroatoms. The minimum Gasteiger partial charge on any atom is -0.465 e. The lowest BCUT2D eigenvalue weighted by molar-refractivity contribution is 0.430. The summed E-state index contributed by atoms with van der Waals surface area (Å²) in [6.45, 7) is 35.2. The van der Waals surface area contributed by atoms with Crippen molar-refractivity contribution in [1.82, 2.24) is 0 Å². The normalized spacial score (nSPS) is 14.3. The molecule has 0 aliphatic heterocycles. The molecule has 0 fully saturated rings. The Morgan fingerprint density at radius 1 is 0.468 bits per heavy atom. The second kappa shape index (κ2) is 11.6. The van der Waals surface area contributed by atoms with E-state index >= 15 is 0 Å². The maximum absolute atomic E-state index is 6.32. The van der Waals surface area contributed by atoms with Gasteiger partial charge in [0.25, 0.3) is 0 Å². The van der Waals surface area contributed by atoms with Gasteiger partial charge in [0.15, 0.2) is 0 Å². The van der Waals surface area contributed by atoms with Gasteiger partial charge in [-0.2, -0.15) is 0 Å². The van der Waals surface area contributed by atoms with Crippen molar-refractivity contribution in [2.75, 3.05) is 0 Å². The highest BCUT2D eigenvalue weighted by Crippen LogP contribution is 2.59. The monoisotopic (exact) mass is 626 g/mol. The average Bonchev–Trinajstić information content (AvgIpc) is 3.26. The van der Waals surface area contributed by atoms with Crippen molar-refractivity contribution < 1.29 is 9.47 Å². The van der Waals surface area contributed by atoms with Gasteiger partial charge in [0.05, 0.1) is 17.9 Å². The lowest BCUT2D eigenvalue weighted by Gasteiger charge is -2.39. The predicted molar refractivity (Wildman–Crippen MR) is 200 cm³/mol. The fraction of sp³-hybridized carbons (Fsp3) is 0.378. The summed E-state index contributed by atoms with van der Waals surface area (Å²) in [5, 5.41) is 0. The molecule has 4 aromatic rings. The molecular formula is C45H54O2. The molecule has 0 amide bonds. The molecule has 0 radical (unpaired) electrons. The molecule has 0 saturated carbocycles. The molecule has 246 valence electrons. The van der Waals surface area contributed by atoms with Crippen LogP contribution in [0.5, 0.6) is 11.5 Å². The van der Waals surface area contributed by atoms with E-state index in [0.29, 0.717) is 0 Å². The predicted octanol–water partition coefficient (Wildman–Crippen LogP) is 12.3. The Morgan fingerprint density at radius 2 is 0.745 bits per heavy atom. The maximum atomic E-state index is 6.32. The SMILES string of the molecule is C=COc1c(C(C)(C)C)cc(C2(c3cc(C(C)(C)C)c(OC=C)c(C(C)(C)C)c3)c3ccccc3-c3ccccc32)cc1C(C)(C)C. The average molecular weight is 627 g/mol. The minimum absolute atomic E-state index is 0.192. The lowest BCUT2D eigenvalue weighted by Crippen LogP contribution is -2.32. The van der Waals surface area contributed by atoms with Crippen LogP contribution in [0.1, 0.15) is 128 Å². The first kappa shape index (κ1) is 34.3. The zero-order chi connectivity index (χ0) is 34.7. The van der Waals surface area contributed by atoms with Crippen LogP contribution in [0, 0.1) is 0 Å². The Morgan fingerprint density at radius 3 is 1.00 bits per heavy atom. The van der Waals surface area contributed by atoms with E-state index in [1.807, 2.05) is 0 Å². The third-order valence-electron chi connectivity index (χ3n) is 9.63. The highest BCUT2D eigenvalue weighted by Gasteiger charge is 2.48. The lowest BCUT2D eigenvalue weighted by atomic mass is 9.63. The van der Waals surface area contributed by atoms with E-state index in [1.54, 1.807) is 12.5 Å². The first-order valence-corrected chi connectivity index (χ1v) is 16.9. The molecule has 5 rings (SSSR count). The third kappa shape index (κ3) is 5.75. The first-order valence-electron chi connectivity index (χ1n) is 16.9. The van der Waals surface area contributed by atoms with Gasteiger partial charge in [0.2, 0.25) is 0 Å². The van der Waals surface area contributed by atoms with E-state index in [9.17, 15) is 0 Å². The Hall–Kier alpha value is -4.04. The Balaban J connectivity index is 2.10. The molecule has 0 unspecified atom stereocenters. The van der Waals surface area contributed by atoms with Crippen LogP contribution in [0.2, 0.25) is 0 Å². The van der Waals surface area contributed by atoms with E-state index in [1.165, 1.54) is 55.6 Å². The Labute approximate surface area is 284 Å². The minimum atomic E-state index is -0.605. The molecule has 1 aliphatic rings. The summed E-state index contributed by atoms with van der Waals surface area (Å²) in [5.41, 5.74) is 10.9. The van der Waals surface area contributed by atoms with Crippen LogP contribution < -0.4 is 9.47 Å². The topological polar surface area (TPSA) is 18.5 Å². The number of ether oxygens (including phenoxy) is 2. The molecule has 0 bridgehead atoms. The summed E-state index contributed by atoms with van der Waals surface area (Å²) < 4.78 is 12.6. The molecule has 2 nitrogen and oxygen atoms in total. The van der Waals surface area contributed by atoms with Crippen LogP contribution in [-0.2, 0) is 27.1 Å². The number of fused-ring (bicyclic) bond motifs is 3. The van der Waals surface area contributed by atoms with Crippen molar-refractivity contribution in [2.45, 2.75) is 110 Å². The number of hydrogen-bond acceptors (Lipinski definition) is 2. The highest BCUT2D eigenvalue weighted by atomic mass is 16.5. The largest absolute Gasteiger partial charge is 0.465 e. The van der Waals surface area contributed by atoms with E-state index in [-0.39, 0.29) is 21.7 Å². The molecule has 4 aromatic carbocycles.